The number of carbonyl (C=O) groups is 1. The van der Waals surface area contributed by atoms with Crippen LogP contribution in [0.1, 0.15) is 25.8 Å². The molecule has 0 fully saturated rings. The number of hydrogen-bond donors (Lipinski definition) is 0. The summed E-state index contributed by atoms with van der Waals surface area (Å²) in [6.07, 6.45) is 0.433. The Balaban J connectivity index is 0.000000242. The summed E-state index contributed by atoms with van der Waals surface area (Å²) in [6.45, 7) is 7.39. The molecule has 0 bridgehead atoms. The minimum Gasteiger partial charge on any atom is -0.340 e. The number of carbonyl (C=O) groups excluding carboxylic acids is 1. The monoisotopic (exact) mass is 410 g/mol. The van der Waals surface area contributed by atoms with E-state index in [2.05, 4.69) is 10.1 Å². The number of fused-ring (bicyclic) bond motifs is 1. The van der Waals surface area contributed by atoms with Gasteiger partial charge in [-0.2, -0.15) is 13.2 Å². The van der Waals surface area contributed by atoms with Crippen LogP contribution in [0, 0.1) is 0 Å². The van der Waals surface area contributed by atoms with Crippen LogP contribution in [0.3, 0.4) is 0 Å². The molecule has 28 heavy (non-hydrogen) atoms. The summed E-state index contributed by atoms with van der Waals surface area (Å²) in [5, 5.41) is 2.59. The van der Waals surface area contributed by atoms with Crippen LogP contribution in [0.4, 0.5) is 13.2 Å². The van der Waals surface area contributed by atoms with Gasteiger partial charge in [0, 0.05) is 18.7 Å². The molecule has 0 unspecified atom stereocenters. The number of likely N-dealkylation sites (N-methyl/N-ethyl adjacent to an activating group) is 1. The van der Waals surface area contributed by atoms with Crippen molar-refractivity contribution in [3.63, 3.8) is 0 Å². The second kappa shape index (κ2) is 9.50. The van der Waals surface area contributed by atoms with Gasteiger partial charge in [-0.15, -0.1) is 5.10 Å². The SMILES string of the molecule is C/C=C/C(=O)N(CC)CC.FC(F)(F)c1nn2cc(-c3ccccc3)nc2s1. The van der Waals surface area contributed by atoms with Crippen molar-refractivity contribution >= 4 is 22.2 Å². The molecule has 3 rings (SSSR count). The van der Waals surface area contributed by atoms with E-state index in [0.717, 1.165) is 23.2 Å². The summed E-state index contributed by atoms with van der Waals surface area (Å²) in [5.41, 5.74) is 1.46. The van der Waals surface area contributed by atoms with Crippen LogP contribution in [-0.4, -0.2) is 38.5 Å². The summed E-state index contributed by atoms with van der Waals surface area (Å²) in [7, 11) is 0. The number of rotatable bonds is 4. The normalized spacial score (nSPS) is 11.5. The number of aromatic nitrogens is 3. The zero-order valence-corrected chi connectivity index (χ0v) is 16.6. The van der Waals surface area contributed by atoms with Crippen molar-refractivity contribution in [3.8, 4) is 11.3 Å². The molecule has 2 heterocycles. The van der Waals surface area contributed by atoms with E-state index in [4.69, 9.17) is 0 Å². The molecule has 0 radical (unpaired) electrons. The summed E-state index contributed by atoms with van der Waals surface area (Å²) in [4.78, 5) is 17.2. The number of hydrogen-bond acceptors (Lipinski definition) is 4. The quantitative estimate of drug-likeness (QED) is 0.575. The topological polar surface area (TPSA) is 50.5 Å². The lowest BCUT2D eigenvalue weighted by Gasteiger charge is -2.15. The lowest BCUT2D eigenvalue weighted by atomic mass is 10.2. The Kier molecular flexibility index (Phi) is 7.33. The molecule has 5 nitrogen and oxygen atoms in total. The van der Waals surface area contributed by atoms with Gasteiger partial charge in [-0.25, -0.2) is 9.50 Å². The van der Waals surface area contributed by atoms with Gasteiger partial charge in [0.1, 0.15) is 0 Å². The molecule has 0 aliphatic carbocycles. The third kappa shape index (κ3) is 5.41. The number of allylic oxidation sites excluding steroid dienone is 1. The second-order valence-corrected chi connectivity index (χ2v) is 6.59. The smallest absolute Gasteiger partial charge is 0.340 e. The van der Waals surface area contributed by atoms with Gasteiger partial charge < -0.3 is 4.90 Å². The van der Waals surface area contributed by atoms with Gasteiger partial charge in [-0.3, -0.25) is 4.79 Å². The van der Waals surface area contributed by atoms with Crippen molar-refractivity contribution in [2.45, 2.75) is 26.9 Å². The molecule has 0 saturated heterocycles. The number of nitrogens with zero attached hydrogens (tertiary/aromatic N) is 4. The molecule has 150 valence electrons. The van der Waals surface area contributed by atoms with E-state index < -0.39 is 11.2 Å². The van der Waals surface area contributed by atoms with Crippen LogP contribution in [0.15, 0.2) is 48.7 Å². The van der Waals surface area contributed by atoms with E-state index >= 15 is 0 Å². The molecule has 1 amide bonds. The van der Waals surface area contributed by atoms with Crippen LogP contribution in [0.2, 0.25) is 0 Å². The Morgan fingerprint density at radius 3 is 2.36 bits per heavy atom. The maximum absolute atomic E-state index is 12.4. The van der Waals surface area contributed by atoms with Crippen LogP contribution >= 0.6 is 11.3 Å². The van der Waals surface area contributed by atoms with E-state index in [1.165, 1.54) is 6.20 Å². The molecule has 0 atom stereocenters. The first-order valence-corrected chi connectivity index (χ1v) is 9.52. The standard InChI is InChI=1S/C11H6F3N3S.C8H15NO/c12-11(13,14)9-16-17-6-8(15-10(17)18-9)7-4-2-1-3-5-7;1-4-7-8(10)9(5-2)6-3/h1-6H;4,7H,5-6H2,1-3H3/b;7-4+. The third-order valence-corrected chi connectivity index (χ3v) is 4.71. The van der Waals surface area contributed by atoms with Gasteiger partial charge in [-0.05, 0) is 26.8 Å². The van der Waals surface area contributed by atoms with E-state index in [1.807, 2.05) is 51.1 Å². The van der Waals surface area contributed by atoms with Crippen LogP contribution in [0.5, 0.6) is 0 Å². The lowest BCUT2D eigenvalue weighted by Crippen LogP contribution is -2.28. The third-order valence-electron chi connectivity index (χ3n) is 3.74. The first kappa shape index (κ1) is 21.6. The van der Waals surface area contributed by atoms with Gasteiger partial charge in [0.05, 0.1) is 11.9 Å². The maximum Gasteiger partial charge on any atom is 0.445 e. The van der Waals surface area contributed by atoms with Gasteiger partial charge >= 0.3 is 6.18 Å². The average molecular weight is 410 g/mol. The lowest BCUT2D eigenvalue weighted by molar-refractivity contribution is -0.138. The van der Waals surface area contributed by atoms with Crippen LogP contribution in [-0.2, 0) is 11.0 Å². The zero-order chi connectivity index (χ0) is 20.7. The predicted octanol–water partition coefficient (Wildman–Crippen LogP) is 4.91. The summed E-state index contributed by atoms with van der Waals surface area (Å²) in [6, 6.07) is 9.24. The highest BCUT2D eigenvalue weighted by Crippen LogP contribution is 2.33. The highest BCUT2D eigenvalue weighted by molar-refractivity contribution is 7.16. The number of benzene rings is 1. The Hall–Kier alpha value is -2.68. The van der Waals surface area contributed by atoms with Crippen molar-refractivity contribution in [2.24, 2.45) is 0 Å². The molecule has 0 aliphatic heterocycles. The minimum absolute atomic E-state index is 0.104. The summed E-state index contributed by atoms with van der Waals surface area (Å²) < 4.78 is 38.5. The van der Waals surface area contributed by atoms with Crippen molar-refractivity contribution in [1.82, 2.24) is 19.5 Å². The van der Waals surface area contributed by atoms with E-state index in [-0.39, 0.29) is 10.9 Å². The molecular weight excluding hydrogens is 389 g/mol. The average Bonchev–Trinajstić information content (AvgIpc) is 3.23. The van der Waals surface area contributed by atoms with Crippen LogP contribution in [0.25, 0.3) is 16.2 Å². The molecule has 0 N–H and O–H groups in total. The minimum atomic E-state index is -4.42. The molecule has 3 aromatic rings. The fourth-order valence-corrected chi connectivity index (χ4v) is 3.09. The van der Waals surface area contributed by atoms with Crippen LogP contribution < -0.4 is 0 Å². The highest BCUT2D eigenvalue weighted by atomic mass is 32.1. The number of amides is 1. The first-order valence-electron chi connectivity index (χ1n) is 8.70. The van der Waals surface area contributed by atoms with E-state index in [0.29, 0.717) is 17.0 Å². The van der Waals surface area contributed by atoms with Gasteiger partial charge in [-0.1, -0.05) is 47.7 Å². The number of halogens is 3. The van der Waals surface area contributed by atoms with Gasteiger partial charge in [0.15, 0.2) is 0 Å². The first-order chi connectivity index (χ1) is 13.3. The fourth-order valence-electron chi connectivity index (χ4n) is 2.35. The fraction of sp³-hybridized carbons (Fsp3) is 0.316. The number of alkyl halides is 3. The molecule has 0 spiro atoms. The number of imidazole rings is 1. The zero-order valence-electron chi connectivity index (χ0n) is 15.8. The van der Waals surface area contributed by atoms with Crippen molar-refractivity contribution in [2.75, 3.05) is 13.1 Å². The second-order valence-electron chi connectivity index (χ2n) is 5.63. The largest absolute Gasteiger partial charge is 0.445 e. The Morgan fingerprint density at radius 2 is 1.86 bits per heavy atom. The molecular formula is C19H21F3N4OS. The Bertz CT molecular complexity index is 896. The van der Waals surface area contributed by atoms with Crippen molar-refractivity contribution in [1.29, 1.82) is 0 Å². The summed E-state index contributed by atoms with van der Waals surface area (Å²) >= 11 is 0.535. The van der Waals surface area contributed by atoms with E-state index in [9.17, 15) is 18.0 Å². The van der Waals surface area contributed by atoms with Gasteiger partial charge in [0.25, 0.3) is 0 Å². The van der Waals surface area contributed by atoms with E-state index in [1.54, 1.807) is 17.1 Å². The highest BCUT2D eigenvalue weighted by Gasteiger charge is 2.35. The molecule has 9 heteroatoms. The van der Waals surface area contributed by atoms with Crippen molar-refractivity contribution in [3.05, 3.63) is 53.7 Å². The molecule has 0 saturated carbocycles. The molecule has 1 aromatic carbocycles. The molecule has 2 aromatic heterocycles. The maximum atomic E-state index is 12.4. The van der Waals surface area contributed by atoms with Gasteiger partial charge in [0.2, 0.25) is 15.9 Å². The Labute approximate surface area is 165 Å². The Morgan fingerprint density at radius 1 is 1.21 bits per heavy atom. The summed E-state index contributed by atoms with van der Waals surface area (Å²) in [5.74, 6) is 0.104. The van der Waals surface area contributed by atoms with Crippen molar-refractivity contribution < 1.29 is 18.0 Å². The molecule has 0 aliphatic rings. The predicted molar refractivity (Wildman–Crippen MR) is 104 cm³/mol.